The summed E-state index contributed by atoms with van der Waals surface area (Å²) in [5, 5.41) is 0. The molecule has 0 N–H and O–H groups in total. The minimum atomic E-state index is 0.0947. The molecule has 0 aliphatic carbocycles. The van der Waals surface area contributed by atoms with Crippen molar-refractivity contribution in [2.24, 2.45) is 5.92 Å². The molecule has 1 atom stereocenters. The van der Waals surface area contributed by atoms with Gasteiger partial charge >= 0.3 is 0 Å². The fourth-order valence-electron chi connectivity index (χ4n) is 5.50. The van der Waals surface area contributed by atoms with Crippen molar-refractivity contribution in [2.45, 2.75) is 161 Å². The lowest BCUT2D eigenvalue weighted by Crippen LogP contribution is -2.17. The van der Waals surface area contributed by atoms with Crippen molar-refractivity contribution in [3.05, 3.63) is 24.3 Å². The fraction of sp³-hybridized carbons (Fsp3) is 0.886. The maximum Gasteiger partial charge on any atom is 0.157 e. The summed E-state index contributed by atoms with van der Waals surface area (Å²) in [6.07, 6.45) is 40.8. The Labute approximate surface area is 239 Å². The normalized spacial score (nSPS) is 15.6. The Bertz CT molecular complexity index is 524. The lowest BCUT2D eigenvalue weighted by Gasteiger charge is -2.19. The quantitative estimate of drug-likeness (QED) is 0.0737. The number of nitrogens with zero attached hydrogens (tertiary/aromatic N) is 1. The molecule has 1 aliphatic rings. The van der Waals surface area contributed by atoms with Gasteiger partial charge in [0.2, 0.25) is 0 Å². The highest BCUT2D eigenvalue weighted by Gasteiger charge is 2.14. The third kappa shape index (κ3) is 24.4. The van der Waals surface area contributed by atoms with Crippen molar-refractivity contribution < 1.29 is 9.47 Å². The molecule has 3 nitrogen and oxygen atoms in total. The molecule has 0 spiro atoms. The second kappa shape index (κ2) is 27.9. The number of hydrogen-bond donors (Lipinski definition) is 0. The van der Waals surface area contributed by atoms with Crippen molar-refractivity contribution in [3.8, 4) is 0 Å². The van der Waals surface area contributed by atoms with E-state index in [-0.39, 0.29) is 6.29 Å². The van der Waals surface area contributed by atoms with Crippen LogP contribution in [-0.2, 0) is 9.47 Å². The standard InChI is InChI=1S/C35H67NO2/c1-4-5-6-7-8-9-10-11-12-13-14-15-16-17-18-21-24-27-34(30-31-36(2)3)28-25-22-19-20-23-26-29-35-37-32-33-38-35/h8-9,11-12,34-35H,4-7,10,13-33H2,1-3H3/b9-8-,12-11-. The van der Waals surface area contributed by atoms with Gasteiger partial charge < -0.3 is 14.4 Å². The summed E-state index contributed by atoms with van der Waals surface area (Å²) < 4.78 is 11.1. The van der Waals surface area contributed by atoms with E-state index < -0.39 is 0 Å². The average molecular weight is 534 g/mol. The van der Waals surface area contributed by atoms with E-state index in [1.165, 1.54) is 141 Å². The molecular formula is C35H67NO2. The maximum atomic E-state index is 5.53. The van der Waals surface area contributed by atoms with Crippen LogP contribution in [0.1, 0.15) is 155 Å². The molecule has 224 valence electrons. The number of unbranched alkanes of at least 4 members (excludes halogenated alkanes) is 15. The molecule has 1 aliphatic heterocycles. The SMILES string of the molecule is CCCCC/C=C\C/C=C\CCCCCCCCCC(CCCCCCCCC1OCCO1)CCN(C)C. The van der Waals surface area contributed by atoms with E-state index in [0.29, 0.717) is 0 Å². The molecule has 1 fully saturated rings. The zero-order valence-corrected chi connectivity index (χ0v) is 26.1. The van der Waals surface area contributed by atoms with Crippen LogP contribution in [0, 0.1) is 5.92 Å². The lowest BCUT2D eigenvalue weighted by molar-refractivity contribution is -0.0480. The topological polar surface area (TPSA) is 21.7 Å². The van der Waals surface area contributed by atoms with Crippen LogP contribution in [-0.4, -0.2) is 45.0 Å². The summed E-state index contributed by atoms with van der Waals surface area (Å²) in [6, 6.07) is 0. The third-order valence-corrected chi connectivity index (χ3v) is 8.04. The average Bonchev–Trinajstić information content (AvgIpc) is 3.43. The van der Waals surface area contributed by atoms with Gasteiger partial charge in [0.25, 0.3) is 0 Å². The van der Waals surface area contributed by atoms with Crippen LogP contribution in [0.5, 0.6) is 0 Å². The predicted octanol–water partition coefficient (Wildman–Crippen LogP) is 10.6. The molecule has 38 heavy (non-hydrogen) atoms. The molecule has 1 saturated heterocycles. The van der Waals surface area contributed by atoms with Gasteiger partial charge in [-0.1, -0.05) is 128 Å². The Hall–Kier alpha value is -0.640. The van der Waals surface area contributed by atoms with E-state index in [4.69, 9.17) is 9.47 Å². The molecule has 1 unspecified atom stereocenters. The summed E-state index contributed by atoms with van der Waals surface area (Å²) in [5.74, 6) is 0.937. The van der Waals surface area contributed by atoms with Gasteiger partial charge in [0.05, 0.1) is 13.2 Å². The van der Waals surface area contributed by atoms with Gasteiger partial charge in [-0.3, -0.25) is 0 Å². The van der Waals surface area contributed by atoms with Crippen molar-refractivity contribution in [1.29, 1.82) is 0 Å². The van der Waals surface area contributed by atoms with Crippen molar-refractivity contribution >= 4 is 0 Å². The lowest BCUT2D eigenvalue weighted by atomic mass is 9.91. The zero-order chi connectivity index (χ0) is 27.4. The van der Waals surface area contributed by atoms with E-state index in [9.17, 15) is 0 Å². The van der Waals surface area contributed by atoms with Gasteiger partial charge in [-0.2, -0.15) is 0 Å². The summed E-state index contributed by atoms with van der Waals surface area (Å²) in [6.45, 7) is 5.09. The first kappa shape index (κ1) is 35.4. The van der Waals surface area contributed by atoms with Gasteiger partial charge in [-0.15, -0.1) is 0 Å². The smallest absolute Gasteiger partial charge is 0.157 e. The van der Waals surface area contributed by atoms with Gasteiger partial charge in [0.1, 0.15) is 0 Å². The minimum absolute atomic E-state index is 0.0947. The van der Waals surface area contributed by atoms with Crippen molar-refractivity contribution in [1.82, 2.24) is 4.90 Å². The molecule has 0 saturated carbocycles. The number of ether oxygens (including phenoxy) is 2. The van der Waals surface area contributed by atoms with E-state index in [0.717, 1.165) is 32.0 Å². The molecular weight excluding hydrogens is 466 g/mol. The molecule has 0 aromatic rings. The van der Waals surface area contributed by atoms with Crippen molar-refractivity contribution in [2.75, 3.05) is 33.9 Å². The first-order valence-electron chi connectivity index (χ1n) is 16.9. The largest absolute Gasteiger partial charge is 0.350 e. The Morgan fingerprint density at radius 3 is 1.66 bits per heavy atom. The van der Waals surface area contributed by atoms with Crippen molar-refractivity contribution in [3.63, 3.8) is 0 Å². The highest BCUT2D eigenvalue weighted by Crippen LogP contribution is 2.23. The first-order valence-corrected chi connectivity index (χ1v) is 16.9. The molecule has 0 aromatic heterocycles. The van der Waals surface area contributed by atoms with E-state index in [1.54, 1.807) is 0 Å². The molecule has 1 rings (SSSR count). The van der Waals surface area contributed by atoms with Crippen LogP contribution < -0.4 is 0 Å². The van der Waals surface area contributed by atoms with E-state index in [1.807, 2.05) is 0 Å². The highest BCUT2D eigenvalue weighted by atomic mass is 16.7. The summed E-state index contributed by atoms with van der Waals surface area (Å²) >= 11 is 0. The molecule has 1 heterocycles. The summed E-state index contributed by atoms with van der Waals surface area (Å²) in [4.78, 5) is 2.37. The molecule has 0 bridgehead atoms. The zero-order valence-electron chi connectivity index (χ0n) is 26.1. The van der Waals surface area contributed by atoms with Gasteiger partial charge in [0, 0.05) is 0 Å². The second-order valence-corrected chi connectivity index (χ2v) is 12.1. The summed E-state index contributed by atoms with van der Waals surface area (Å²) in [7, 11) is 4.45. The van der Waals surface area contributed by atoms with Crippen LogP contribution >= 0.6 is 0 Å². The first-order chi connectivity index (χ1) is 18.7. The molecule has 0 amide bonds. The van der Waals surface area contributed by atoms with Crippen LogP contribution in [0.25, 0.3) is 0 Å². The van der Waals surface area contributed by atoms with Gasteiger partial charge in [-0.05, 0) is 77.9 Å². The van der Waals surface area contributed by atoms with Crippen LogP contribution in [0.4, 0.5) is 0 Å². The van der Waals surface area contributed by atoms with E-state index in [2.05, 4.69) is 50.2 Å². The van der Waals surface area contributed by atoms with Crippen LogP contribution in [0.15, 0.2) is 24.3 Å². The second-order valence-electron chi connectivity index (χ2n) is 12.1. The maximum absolute atomic E-state index is 5.53. The number of rotatable bonds is 28. The number of hydrogen-bond acceptors (Lipinski definition) is 3. The van der Waals surface area contributed by atoms with Gasteiger partial charge in [0.15, 0.2) is 6.29 Å². The Balaban J connectivity index is 1.93. The Morgan fingerprint density at radius 1 is 0.605 bits per heavy atom. The van der Waals surface area contributed by atoms with E-state index >= 15 is 0 Å². The highest BCUT2D eigenvalue weighted by molar-refractivity contribution is 4.92. The number of allylic oxidation sites excluding steroid dienone is 4. The van der Waals surface area contributed by atoms with Crippen LogP contribution in [0.2, 0.25) is 0 Å². The Morgan fingerprint density at radius 2 is 1.11 bits per heavy atom. The summed E-state index contributed by atoms with van der Waals surface area (Å²) in [5.41, 5.74) is 0. The Kier molecular flexibility index (Phi) is 26.0. The van der Waals surface area contributed by atoms with Gasteiger partial charge in [-0.25, -0.2) is 0 Å². The van der Waals surface area contributed by atoms with Crippen LogP contribution in [0.3, 0.4) is 0 Å². The predicted molar refractivity (Wildman–Crippen MR) is 168 cm³/mol. The third-order valence-electron chi connectivity index (χ3n) is 8.04. The monoisotopic (exact) mass is 534 g/mol. The molecule has 0 aromatic carbocycles. The molecule has 3 heteroatoms. The minimum Gasteiger partial charge on any atom is -0.350 e. The fourth-order valence-corrected chi connectivity index (χ4v) is 5.50. The molecule has 0 radical (unpaired) electrons.